The maximum atomic E-state index is 6.74. The van der Waals surface area contributed by atoms with E-state index in [0.29, 0.717) is 29.2 Å². The third-order valence-electron chi connectivity index (χ3n) is 27.5. The lowest BCUT2D eigenvalue weighted by molar-refractivity contribution is 0.564. The van der Waals surface area contributed by atoms with Crippen LogP contribution in [-0.2, 0) is 11.8 Å². The molecule has 1 unspecified atom stereocenters. The van der Waals surface area contributed by atoms with Crippen molar-refractivity contribution >= 4 is 196 Å². The van der Waals surface area contributed by atoms with Gasteiger partial charge in [-0.05, 0) is 185 Å². The molecule has 9 nitrogen and oxygen atoms in total. The number of furan rings is 1. The second kappa shape index (κ2) is 25.1. The van der Waals surface area contributed by atoms with Gasteiger partial charge in [0.15, 0.2) is 11.6 Å². The van der Waals surface area contributed by atoms with E-state index in [1.54, 1.807) is 0 Å². The second-order valence-corrected chi connectivity index (χ2v) is 33.9. The van der Waals surface area contributed by atoms with Gasteiger partial charge in [0.25, 0.3) is 0 Å². The zero-order valence-electron chi connectivity index (χ0n) is 67.1. The van der Waals surface area contributed by atoms with Crippen molar-refractivity contribution in [1.82, 2.24) is 38.2 Å². The molecule has 1 aliphatic rings. The highest BCUT2D eigenvalue weighted by Crippen LogP contribution is 2.55. The van der Waals surface area contributed by atoms with Crippen LogP contribution in [0.5, 0.6) is 0 Å². The lowest BCUT2D eigenvalue weighted by Crippen LogP contribution is -2.26. The van der Waals surface area contributed by atoms with E-state index in [-0.39, 0.29) is 0 Å². The normalized spacial score (nSPS) is 13.8. The minimum atomic E-state index is -0.689. The van der Waals surface area contributed by atoms with Crippen molar-refractivity contribution < 1.29 is 4.42 Å². The van der Waals surface area contributed by atoms with E-state index in [1.165, 1.54) is 108 Å². The van der Waals surface area contributed by atoms with Gasteiger partial charge in [-0.25, -0.2) is 19.9 Å². The van der Waals surface area contributed by atoms with E-state index >= 15 is 0 Å². The lowest BCUT2D eigenvalue weighted by Gasteiger charge is -2.27. The summed E-state index contributed by atoms with van der Waals surface area (Å²) in [5.74, 6) is 1.48. The first-order chi connectivity index (χ1) is 61.4. The highest BCUT2D eigenvalue weighted by molar-refractivity contribution is 6.40. The summed E-state index contributed by atoms with van der Waals surface area (Å²) in [4.78, 5) is 24.2. The molecule has 0 saturated carbocycles. The Hall–Kier alpha value is -16.4. The first-order valence-electron chi connectivity index (χ1n) is 42.7. The monoisotopic (exact) mass is 1580 g/mol. The van der Waals surface area contributed by atoms with E-state index in [9.17, 15) is 0 Å². The number of benzene rings is 20. The fourth-order valence-corrected chi connectivity index (χ4v) is 22.2. The van der Waals surface area contributed by atoms with E-state index in [1.807, 2.05) is 12.1 Å². The Morgan fingerprint density at radius 2 is 0.661 bits per heavy atom. The molecule has 0 fully saturated rings. The van der Waals surface area contributed by atoms with Gasteiger partial charge >= 0.3 is 0 Å². The van der Waals surface area contributed by atoms with E-state index < -0.39 is 5.41 Å². The molecule has 9 heteroatoms. The van der Waals surface area contributed by atoms with Crippen LogP contribution in [0.2, 0.25) is 0 Å². The van der Waals surface area contributed by atoms with Crippen molar-refractivity contribution in [3.05, 3.63) is 399 Å². The van der Waals surface area contributed by atoms with Crippen molar-refractivity contribution in [2.24, 2.45) is 0 Å². The number of hydrogen-bond donors (Lipinski definition) is 0. The van der Waals surface area contributed by atoms with E-state index in [0.717, 1.165) is 138 Å². The maximum Gasteiger partial charge on any atom is 0.247 e. The standard InChI is InChI=1S/C115H68N8O/c1-115(91-44-22-18-42-88(91)109-111(115)116-107(69-49-54-82-80-39-19-23-45-92(80)120(98(82)63-69)71-28-4-2-5-29-71)112(117-109)122-94-58-51-67-26-8-10-32-73(67)103(94)105-96(122)60-56-85-77-36-13-12-34-75(77)76-35-16-17-41-84(76)101(85)105)65-66-48-53-87-90(62-66)79-38-15-14-37-78(79)86-57-61-97-106(102(86)87)104-74-33-11-9-27-68(74)52-59-95(104)123(97)113-108(119-114-110(118-113)89-43-21-25-47-100(89)124-114)70-50-55-83-81-40-20-24-46-93(81)121(99(83)64-70)72-30-6-3-7-31-72/h2-64H,65H2,1H3. The smallest absolute Gasteiger partial charge is 0.247 e. The summed E-state index contributed by atoms with van der Waals surface area (Å²) >= 11 is 0. The molecular formula is C115H68N8O. The van der Waals surface area contributed by atoms with Crippen LogP contribution in [0.3, 0.4) is 0 Å². The zero-order valence-corrected chi connectivity index (χ0v) is 67.1. The number of aromatic nitrogens is 8. The molecule has 0 bridgehead atoms. The molecule has 0 aliphatic heterocycles. The molecule has 0 radical (unpaired) electrons. The third-order valence-corrected chi connectivity index (χ3v) is 27.5. The van der Waals surface area contributed by atoms with Gasteiger partial charge in [0.2, 0.25) is 5.71 Å². The fraction of sp³-hybridized carbons (Fsp3) is 0.0261. The molecule has 7 heterocycles. The fourth-order valence-electron chi connectivity index (χ4n) is 22.2. The van der Waals surface area contributed by atoms with Gasteiger partial charge in [-0.1, -0.05) is 297 Å². The molecule has 1 aliphatic carbocycles. The predicted molar refractivity (Wildman–Crippen MR) is 515 cm³/mol. The number of hydrogen-bond acceptors (Lipinski definition) is 5. The van der Waals surface area contributed by atoms with Crippen molar-refractivity contribution in [2.75, 3.05) is 0 Å². The third kappa shape index (κ3) is 9.20. The van der Waals surface area contributed by atoms with Crippen molar-refractivity contribution in [2.45, 2.75) is 18.8 Å². The van der Waals surface area contributed by atoms with Crippen LogP contribution < -0.4 is 0 Å². The van der Waals surface area contributed by atoms with Crippen molar-refractivity contribution in [1.29, 1.82) is 0 Å². The minimum Gasteiger partial charge on any atom is -0.436 e. The van der Waals surface area contributed by atoms with Crippen molar-refractivity contribution in [3.8, 4) is 56.8 Å². The summed E-state index contributed by atoms with van der Waals surface area (Å²) in [6, 6.07) is 141. The Kier molecular flexibility index (Phi) is 13.7. The summed E-state index contributed by atoms with van der Waals surface area (Å²) in [7, 11) is 0. The second-order valence-electron chi connectivity index (χ2n) is 33.9. The zero-order chi connectivity index (χ0) is 80.9. The summed E-state index contributed by atoms with van der Waals surface area (Å²) in [6.07, 6.45) is 0.626. The van der Waals surface area contributed by atoms with Gasteiger partial charge in [-0.3, -0.25) is 9.13 Å². The van der Waals surface area contributed by atoms with Crippen LogP contribution in [-0.4, -0.2) is 38.2 Å². The first kappa shape index (κ1) is 67.5. The average Bonchev–Trinajstić information content (AvgIpc) is 1.52. The predicted octanol–water partition coefficient (Wildman–Crippen LogP) is 29.6. The van der Waals surface area contributed by atoms with Gasteiger partial charge < -0.3 is 13.6 Å². The Morgan fingerprint density at radius 1 is 0.258 bits per heavy atom. The number of fused-ring (bicyclic) bond motifs is 36. The van der Waals surface area contributed by atoms with E-state index in [2.05, 4.69) is 395 Å². The summed E-state index contributed by atoms with van der Waals surface area (Å²) < 4.78 is 16.4. The van der Waals surface area contributed by atoms with Gasteiger partial charge in [0, 0.05) is 92.7 Å². The summed E-state index contributed by atoms with van der Waals surface area (Å²) in [6.45, 7) is 2.43. The van der Waals surface area contributed by atoms with Crippen LogP contribution in [0.1, 0.15) is 23.7 Å². The van der Waals surface area contributed by atoms with Crippen LogP contribution in [0.4, 0.5) is 0 Å². The van der Waals surface area contributed by atoms with Gasteiger partial charge in [-0.15, -0.1) is 0 Å². The average molecular weight is 1580 g/mol. The van der Waals surface area contributed by atoms with Gasteiger partial charge in [0.1, 0.15) is 22.5 Å². The molecule has 28 rings (SSSR count). The topological polar surface area (TPSA) is 84.4 Å². The largest absolute Gasteiger partial charge is 0.436 e. The van der Waals surface area contributed by atoms with Crippen LogP contribution in [0, 0.1) is 0 Å². The molecule has 124 heavy (non-hydrogen) atoms. The molecular weight excluding hydrogens is 1510 g/mol. The Bertz CT molecular complexity index is 9420. The Labute approximate surface area is 708 Å². The Balaban J connectivity index is 0.687. The van der Waals surface area contributed by atoms with Crippen LogP contribution >= 0.6 is 0 Å². The molecule has 0 saturated heterocycles. The molecule has 0 N–H and O–H groups in total. The number of nitrogens with zero attached hydrogens (tertiary/aromatic N) is 8. The molecule has 0 spiro atoms. The van der Waals surface area contributed by atoms with Crippen LogP contribution in [0.15, 0.2) is 387 Å². The molecule has 574 valence electrons. The molecule has 7 aromatic heterocycles. The molecule has 0 amide bonds. The van der Waals surface area contributed by atoms with Crippen LogP contribution in [0.25, 0.3) is 252 Å². The molecule has 20 aromatic carbocycles. The highest BCUT2D eigenvalue weighted by atomic mass is 16.3. The SMILES string of the molecule is CC1(Cc2ccc3c(c2)c2ccccc2c2ccc4c(c23)c2c3ccccc3ccc2n4-c2nc3c(nc2-c2ccc4c5ccccc5n(-c5ccccc5)c4c2)oc2ccccc23)c2ccccc2-c2nc(-n3c4ccc5ccccc5c4c4c5c6ccccc6c6ccccc6c5ccc43)c(-c3ccc4c5ccccc5n(-c5ccccc5)c4c3)nc21. The molecule has 1 atom stereocenters. The maximum absolute atomic E-state index is 6.74. The minimum absolute atomic E-state index is 0.482. The molecule has 27 aromatic rings. The lowest BCUT2D eigenvalue weighted by atomic mass is 9.77. The van der Waals surface area contributed by atoms with Crippen molar-refractivity contribution in [3.63, 3.8) is 0 Å². The first-order valence-corrected chi connectivity index (χ1v) is 42.7. The number of rotatable bonds is 8. The summed E-state index contributed by atoms with van der Waals surface area (Å²) in [5.41, 5.74) is 20.7. The quantitative estimate of drug-likeness (QED) is 0.142. The number of para-hydroxylation sites is 5. The highest BCUT2D eigenvalue weighted by Gasteiger charge is 2.44. The Morgan fingerprint density at radius 3 is 1.23 bits per heavy atom. The summed E-state index contributed by atoms with van der Waals surface area (Å²) in [5, 5.41) is 29.4. The van der Waals surface area contributed by atoms with E-state index in [4.69, 9.17) is 24.4 Å². The van der Waals surface area contributed by atoms with Gasteiger partial charge in [0.05, 0.1) is 55.5 Å². The van der Waals surface area contributed by atoms with Gasteiger partial charge in [-0.2, -0.15) is 0 Å².